The standard InChI is InChI=1S/C13H22ClN3/c1-3-12-7-13(16(2)15-12)10-17-6-4-5-11(8-14)9-17/h7,11H,3-6,8-10H2,1-2H3. The molecule has 1 aromatic heterocycles. The van der Waals surface area contributed by atoms with Crippen LogP contribution in [0.25, 0.3) is 0 Å². The highest BCUT2D eigenvalue weighted by atomic mass is 35.5. The number of hydrogen-bond acceptors (Lipinski definition) is 2. The van der Waals surface area contributed by atoms with Gasteiger partial charge in [0.25, 0.3) is 0 Å². The van der Waals surface area contributed by atoms with E-state index in [0.717, 1.165) is 25.4 Å². The zero-order chi connectivity index (χ0) is 12.3. The number of aromatic nitrogens is 2. The normalized spacial score (nSPS) is 21.9. The predicted molar refractivity (Wildman–Crippen MR) is 71.3 cm³/mol. The van der Waals surface area contributed by atoms with Crippen LogP contribution >= 0.6 is 11.6 Å². The molecule has 0 N–H and O–H groups in total. The fourth-order valence-electron chi connectivity index (χ4n) is 2.54. The number of alkyl halides is 1. The Morgan fingerprint density at radius 2 is 2.35 bits per heavy atom. The summed E-state index contributed by atoms with van der Waals surface area (Å²) < 4.78 is 2.02. The number of piperidine rings is 1. The lowest BCUT2D eigenvalue weighted by atomic mass is 10.00. The summed E-state index contributed by atoms with van der Waals surface area (Å²) in [5.41, 5.74) is 2.51. The quantitative estimate of drug-likeness (QED) is 0.771. The van der Waals surface area contributed by atoms with Crippen LogP contribution in [0.4, 0.5) is 0 Å². The Hall–Kier alpha value is -0.540. The lowest BCUT2D eigenvalue weighted by molar-refractivity contribution is 0.174. The summed E-state index contributed by atoms with van der Waals surface area (Å²) in [4.78, 5) is 2.51. The molecule has 96 valence electrons. The molecule has 1 aliphatic rings. The van der Waals surface area contributed by atoms with Gasteiger partial charge in [-0.3, -0.25) is 9.58 Å². The minimum atomic E-state index is 0.671. The molecular formula is C13H22ClN3. The number of hydrogen-bond donors (Lipinski definition) is 0. The van der Waals surface area contributed by atoms with Crippen molar-refractivity contribution in [3.05, 3.63) is 17.5 Å². The van der Waals surface area contributed by atoms with E-state index in [1.165, 1.54) is 30.8 Å². The predicted octanol–water partition coefficient (Wildman–Crippen LogP) is 2.43. The highest BCUT2D eigenvalue weighted by molar-refractivity contribution is 6.18. The summed E-state index contributed by atoms with van der Waals surface area (Å²) in [5, 5.41) is 4.50. The molecule has 0 spiro atoms. The van der Waals surface area contributed by atoms with E-state index in [9.17, 15) is 0 Å². The Morgan fingerprint density at radius 3 is 3.00 bits per heavy atom. The zero-order valence-electron chi connectivity index (χ0n) is 10.8. The molecule has 1 atom stereocenters. The van der Waals surface area contributed by atoms with Crippen molar-refractivity contribution in [3.8, 4) is 0 Å². The second-order valence-electron chi connectivity index (χ2n) is 5.00. The molecular weight excluding hydrogens is 234 g/mol. The topological polar surface area (TPSA) is 21.1 Å². The maximum absolute atomic E-state index is 5.96. The average Bonchev–Trinajstić information content (AvgIpc) is 2.70. The van der Waals surface area contributed by atoms with Crippen LogP contribution in [0.5, 0.6) is 0 Å². The van der Waals surface area contributed by atoms with Crippen molar-refractivity contribution in [1.82, 2.24) is 14.7 Å². The Balaban J connectivity index is 1.97. The van der Waals surface area contributed by atoms with Gasteiger partial charge in [-0.25, -0.2) is 0 Å². The van der Waals surface area contributed by atoms with Crippen molar-refractivity contribution in [2.75, 3.05) is 19.0 Å². The molecule has 0 radical (unpaired) electrons. The maximum atomic E-state index is 5.96. The molecule has 1 fully saturated rings. The molecule has 3 nitrogen and oxygen atoms in total. The van der Waals surface area contributed by atoms with Crippen molar-refractivity contribution < 1.29 is 0 Å². The second-order valence-corrected chi connectivity index (χ2v) is 5.31. The molecule has 0 amide bonds. The Kier molecular flexibility index (Phi) is 4.46. The van der Waals surface area contributed by atoms with Gasteiger partial charge < -0.3 is 0 Å². The monoisotopic (exact) mass is 255 g/mol. The van der Waals surface area contributed by atoms with Crippen molar-refractivity contribution in [3.63, 3.8) is 0 Å². The van der Waals surface area contributed by atoms with Crippen LogP contribution in [0, 0.1) is 5.92 Å². The summed E-state index contributed by atoms with van der Waals surface area (Å²) in [6.07, 6.45) is 3.57. The van der Waals surface area contributed by atoms with Crippen LogP contribution in [0.15, 0.2) is 6.07 Å². The van der Waals surface area contributed by atoms with E-state index < -0.39 is 0 Å². The van der Waals surface area contributed by atoms with Crippen LogP contribution in [-0.4, -0.2) is 33.6 Å². The summed E-state index contributed by atoms with van der Waals surface area (Å²) in [7, 11) is 2.04. The molecule has 2 heterocycles. The summed E-state index contributed by atoms with van der Waals surface area (Å²) in [5.74, 6) is 1.46. The lowest BCUT2D eigenvalue weighted by Crippen LogP contribution is -2.36. The number of nitrogens with zero attached hydrogens (tertiary/aromatic N) is 3. The first-order chi connectivity index (χ1) is 8.22. The first-order valence-electron chi connectivity index (χ1n) is 6.53. The SMILES string of the molecule is CCc1cc(CN2CCCC(CCl)C2)n(C)n1. The molecule has 0 aliphatic carbocycles. The fraction of sp³-hybridized carbons (Fsp3) is 0.769. The molecule has 0 saturated carbocycles. The number of likely N-dealkylation sites (tertiary alicyclic amines) is 1. The highest BCUT2D eigenvalue weighted by Gasteiger charge is 2.20. The van der Waals surface area contributed by atoms with Crippen LogP contribution in [-0.2, 0) is 20.0 Å². The van der Waals surface area contributed by atoms with Gasteiger partial charge in [0.1, 0.15) is 0 Å². The highest BCUT2D eigenvalue weighted by Crippen LogP contribution is 2.19. The summed E-state index contributed by atoms with van der Waals surface area (Å²) in [6, 6.07) is 2.23. The van der Waals surface area contributed by atoms with E-state index in [4.69, 9.17) is 11.6 Å². The number of halogens is 1. The van der Waals surface area contributed by atoms with Crippen LogP contribution < -0.4 is 0 Å². The van der Waals surface area contributed by atoms with Gasteiger partial charge in [0.15, 0.2) is 0 Å². The number of aryl methyl sites for hydroxylation is 2. The smallest absolute Gasteiger partial charge is 0.0625 e. The van der Waals surface area contributed by atoms with E-state index in [2.05, 4.69) is 23.0 Å². The molecule has 1 aliphatic heterocycles. The molecule has 4 heteroatoms. The van der Waals surface area contributed by atoms with Crippen molar-refractivity contribution in [2.45, 2.75) is 32.7 Å². The van der Waals surface area contributed by atoms with Gasteiger partial charge in [-0.2, -0.15) is 5.10 Å². The molecule has 1 unspecified atom stereocenters. The van der Waals surface area contributed by atoms with Crippen molar-refractivity contribution in [1.29, 1.82) is 0 Å². The van der Waals surface area contributed by atoms with Crippen LogP contribution in [0.1, 0.15) is 31.2 Å². The zero-order valence-corrected chi connectivity index (χ0v) is 11.6. The fourth-order valence-corrected chi connectivity index (χ4v) is 2.79. The van der Waals surface area contributed by atoms with E-state index in [1.807, 2.05) is 11.7 Å². The first kappa shape index (κ1) is 12.9. The molecule has 1 saturated heterocycles. The molecule has 0 bridgehead atoms. The van der Waals surface area contributed by atoms with Crippen LogP contribution in [0.2, 0.25) is 0 Å². The van der Waals surface area contributed by atoms with E-state index >= 15 is 0 Å². The van der Waals surface area contributed by atoms with E-state index in [1.54, 1.807) is 0 Å². The van der Waals surface area contributed by atoms with Gasteiger partial charge in [0.05, 0.1) is 11.4 Å². The third kappa shape index (κ3) is 3.23. The molecule has 1 aromatic rings. The van der Waals surface area contributed by atoms with Gasteiger partial charge >= 0.3 is 0 Å². The lowest BCUT2D eigenvalue weighted by Gasteiger charge is -2.31. The Morgan fingerprint density at radius 1 is 1.53 bits per heavy atom. The van der Waals surface area contributed by atoms with Crippen molar-refractivity contribution in [2.24, 2.45) is 13.0 Å². The van der Waals surface area contributed by atoms with Gasteiger partial charge in [-0.15, -0.1) is 11.6 Å². The van der Waals surface area contributed by atoms with Gasteiger partial charge in [0, 0.05) is 26.0 Å². The van der Waals surface area contributed by atoms with Crippen LogP contribution in [0.3, 0.4) is 0 Å². The Bertz CT molecular complexity index is 362. The molecule has 17 heavy (non-hydrogen) atoms. The number of rotatable bonds is 4. The second kappa shape index (κ2) is 5.87. The largest absolute Gasteiger partial charge is 0.297 e. The van der Waals surface area contributed by atoms with Gasteiger partial charge in [-0.05, 0) is 37.8 Å². The maximum Gasteiger partial charge on any atom is 0.0625 e. The molecule has 2 rings (SSSR count). The third-order valence-corrected chi connectivity index (χ3v) is 4.03. The summed E-state index contributed by atoms with van der Waals surface area (Å²) >= 11 is 5.96. The Labute approximate surface area is 109 Å². The van der Waals surface area contributed by atoms with E-state index in [-0.39, 0.29) is 0 Å². The van der Waals surface area contributed by atoms with E-state index in [0.29, 0.717) is 5.92 Å². The third-order valence-electron chi connectivity index (χ3n) is 3.60. The van der Waals surface area contributed by atoms with Crippen molar-refractivity contribution >= 4 is 11.6 Å². The minimum Gasteiger partial charge on any atom is -0.297 e. The van der Waals surface area contributed by atoms with Gasteiger partial charge in [-0.1, -0.05) is 6.92 Å². The summed E-state index contributed by atoms with van der Waals surface area (Å²) in [6.45, 7) is 5.49. The average molecular weight is 256 g/mol. The van der Waals surface area contributed by atoms with Gasteiger partial charge in [0.2, 0.25) is 0 Å². The minimum absolute atomic E-state index is 0.671. The molecule has 0 aromatic carbocycles. The first-order valence-corrected chi connectivity index (χ1v) is 7.06.